The first-order valence-corrected chi connectivity index (χ1v) is 8.33. The summed E-state index contributed by atoms with van der Waals surface area (Å²) in [6, 6.07) is 3.96. The molecule has 2 atom stereocenters. The highest BCUT2D eigenvalue weighted by atomic mass is 32.2. The second-order valence-corrected chi connectivity index (χ2v) is 6.83. The van der Waals surface area contributed by atoms with Crippen molar-refractivity contribution < 1.29 is 17.3 Å². The number of nitrogens with zero attached hydrogens (tertiary/aromatic N) is 2. The number of pyridine rings is 1. The van der Waals surface area contributed by atoms with Gasteiger partial charge in [0.25, 0.3) is 10.1 Å². The van der Waals surface area contributed by atoms with Gasteiger partial charge < -0.3 is 4.74 Å². The quantitative estimate of drug-likeness (QED) is 0.722. The monoisotopic (exact) mass is 300 g/mol. The molecular weight excluding hydrogens is 280 g/mol. The lowest BCUT2D eigenvalue weighted by atomic mass is 10.1. The summed E-state index contributed by atoms with van der Waals surface area (Å²) in [4.78, 5) is 6.17. The Balaban J connectivity index is 1.79. The molecule has 0 saturated carbocycles. The molecule has 0 spiro atoms. The minimum atomic E-state index is -3.36. The molecule has 2 unspecified atom stereocenters. The average Bonchev–Trinajstić information content (AvgIpc) is 2.75. The molecule has 0 radical (unpaired) electrons. The first-order valence-electron chi connectivity index (χ1n) is 6.51. The van der Waals surface area contributed by atoms with E-state index >= 15 is 0 Å². The van der Waals surface area contributed by atoms with E-state index < -0.39 is 10.1 Å². The number of hydrogen-bond donors (Lipinski definition) is 0. The third kappa shape index (κ3) is 4.73. The highest BCUT2D eigenvalue weighted by Crippen LogP contribution is 2.23. The fourth-order valence-electron chi connectivity index (χ4n) is 2.36. The van der Waals surface area contributed by atoms with Crippen LogP contribution in [0.25, 0.3) is 0 Å². The van der Waals surface area contributed by atoms with Gasteiger partial charge in [0.2, 0.25) is 0 Å². The summed E-state index contributed by atoms with van der Waals surface area (Å²) in [6.45, 7) is 1.63. The first-order chi connectivity index (χ1) is 9.44. The van der Waals surface area contributed by atoms with Gasteiger partial charge >= 0.3 is 0 Å². The van der Waals surface area contributed by atoms with E-state index in [0.717, 1.165) is 25.0 Å². The lowest BCUT2D eigenvalue weighted by molar-refractivity contribution is 0.197. The second-order valence-electron chi connectivity index (χ2n) is 5.18. The van der Waals surface area contributed by atoms with Gasteiger partial charge in [-0.3, -0.25) is 14.1 Å². The maximum atomic E-state index is 11.0. The Bertz CT molecular complexity index is 520. The van der Waals surface area contributed by atoms with E-state index in [9.17, 15) is 8.42 Å². The van der Waals surface area contributed by atoms with Crippen molar-refractivity contribution in [3.8, 4) is 5.75 Å². The van der Waals surface area contributed by atoms with E-state index in [-0.39, 0.29) is 18.6 Å². The summed E-state index contributed by atoms with van der Waals surface area (Å²) >= 11 is 0. The van der Waals surface area contributed by atoms with Gasteiger partial charge in [0.15, 0.2) is 0 Å². The summed E-state index contributed by atoms with van der Waals surface area (Å²) in [6.07, 6.45) is 5.33. The molecule has 0 bridgehead atoms. The van der Waals surface area contributed by atoms with Crippen LogP contribution in [-0.2, 0) is 14.3 Å². The van der Waals surface area contributed by atoms with Crippen molar-refractivity contribution in [3.05, 3.63) is 24.5 Å². The Kier molecular flexibility index (Phi) is 4.95. The zero-order valence-corrected chi connectivity index (χ0v) is 12.5. The van der Waals surface area contributed by atoms with E-state index in [2.05, 4.69) is 9.88 Å². The SMILES string of the molecule is CN1CC(COS(C)(=O)=O)CC1COc1cccnc1. The van der Waals surface area contributed by atoms with Crippen LogP contribution in [0.2, 0.25) is 0 Å². The largest absolute Gasteiger partial charge is 0.490 e. The first kappa shape index (κ1) is 15.2. The molecule has 6 nitrogen and oxygen atoms in total. The smallest absolute Gasteiger partial charge is 0.264 e. The van der Waals surface area contributed by atoms with Crippen LogP contribution < -0.4 is 4.74 Å². The molecule has 7 heteroatoms. The fraction of sp³-hybridized carbons (Fsp3) is 0.615. The van der Waals surface area contributed by atoms with Crippen molar-refractivity contribution in [1.29, 1.82) is 0 Å². The van der Waals surface area contributed by atoms with Gasteiger partial charge in [0.05, 0.1) is 19.1 Å². The molecule has 0 amide bonds. The van der Waals surface area contributed by atoms with Crippen LogP contribution >= 0.6 is 0 Å². The van der Waals surface area contributed by atoms with E-state index in [1.807, 2.05) is 19.2 Å². The van der Waals surface area contributed by atoms with Crippen LogP contribution in [0, 0.1) is 5.92 Å². The number of rotatable bonds is 6. The summed E-state index contributed by atoms with van der Waals surface area (Å²) in [5, 5.41) is 0. The summed E-state index contributed by atoms with van der Waals surface area (Å²) in [5.41, 5.74) is 0. The maximum Gasteiger partial charge on any atom is 0.264 e. The molecule has 1 fully saturated rings. The average molecular weight is 300 g/mol. The molecule has 2 rings (SSSR count). The van der Waals surface area contributed by atoms with Gasteiger partial charge in [-0.1, -0.05) is 0 Å². The van der Waals surface area contributed by atoms with Crippen LogP contribution in [-0.4, -0.2) is 57.4 Å². The molecule has 0 aliphatic carbocycles. The molecule has 112 valence electrons. The Labute approximate surface area is 119 Å². The van der Waals surface area contributed by atoms with Crippen molar-refractivity contribution in [2.75, 3.05) is 33.1 Å². The van der Waals surface area contributed by atoms with E-state index in [1.165, 1.54) is 0 Å². The predicted molar refractivity (Wildman–Crippen MR) is 75.1 cm³/mol. The van der Waals surface area contributed by atoms with Gasteiger partial charge in [0, 0.05) is 18.8 Å². The minimum absolute atomic E-state index is 0.220. The molecule has 1 saturated heterocycles. The number of ether oxygens (including phenoxy) is 1. The molecule has 1 aliphatic rings. The van der Waals surface area contributed by atoms with Crippen LogP contribution in [0.3, 0.4) is 0 Å². The Morgan fingerprint density at radius 2 is 2.25 bits per heavy atom. The van der Waals surface area contributed by atoms with Crippen molar-refractivity contribution >= 4 is 10.1 Å². The number of hydrogen-bond acceptors (Lipinski definition) is 6. The summed E-state index contributed by atoms with van der Waals surface area (Å²) in [5.74, 6) is 0.967. The van der Waals surface area contributed by atoms with Gasteiger partial charge in [-0.2, -0.15) is 8.42 Å². The summed E-state index contributed by atoms with van der Waals surface area (Å²) < 4.78 is 32.5. The molecule has 0 N–H and O–H groups in total. The molecular formula is C13H20N2O4S. The van der Waals surface area contributed by atoms with Gasteiger partial charge in [-0.25, -0.2) is 0 Å². The van der Waals surface area contributed by atoms with Crippen molar-refractivity contribution in [1.82, 2.24) is 9.88 Å². The molecule has 1 aliphatic heterocycles. The van der Waals surface area contributed by atoms with Gasteiger partial charge in [0.1, 0.15) is 12.4 Å². The Morgan fingerprint density at radius 3 is 2.90 bits per heavy atom. The zero-order chi connectivity index (χ0) is 14.6. The number of likely N-dealkylation sites (N-methyl/N-ethyl adjacent to an activating group) is 1. The highest BCUT2D eigenvalue weighted by molar-refractivity contribution is 7.85. The number of aromatic nitrogens is 1. The lowest BCUT2D eigenvalue weighted by Crippen LogP contribution is -2.30. The topological polar surface area (TPSA) is 68.7 Å². The predicted octanol–water partition coefficient (Wildman–Crippen LogP) is 0.757. The van der Waals surface area contributed by atoms with E-state index in [4.69, 9.17) is 8.92 Å². The van der Waals surface area contributed by atoms with Gasteiger partial charge in [-0.05, 0) is 31.5 Å². The van der Waals surface area contributed by atoms with Crippen LogP contribution in [0.1, 0.15) is 6.42 Å². The van der Waals surface area contributed by atoms with Crippen LogP contribution in [0.5, 0.6) is 5.75 Å². The summed E-state index contributed by atoms with van der Waals surface area (Å²) in [7, 11) is -1.35. The van der Waals surface area contributed by atoms with Crippen LogP contribution in [0.4, 0.5) is 0 Å². The van der Waals surface area contributed by atoms with E-state index in [1.54, 1.807) is 12.4 Å². The second kappa shape index (κ2) is 6.51. The Morgan fingerprint density at radius 1 is 1.45 bits per heavy atom. The normalized spacial score (nSPS) is 23.9. The lowest BCUT2D eigenvalue weighted by Gasteiger charge is -2.19. The molecule has 1 aromatic heterocycles. The standard InChI is InChI=1S/C13H20N2O4S/c1-15-8-11(9-19-20(2,16)17)6-12(15)10-18-13-4-3-5-14-7-13/h3-5,7,11-12H,6,8-10H2,1-2H3. The van der Waals surface area contributed by atoms with Crippen molar-refractivity contribution in [2.24, 2.45) is 5.92 Å². The third-order valence-electron chi connectivity index (χ3n) is 3.37. The third-order valence-corrected chi connectivity index (χ3v) is 3.93. The fourth-order valence-corrected chi connectivity index (χ4v) is 2.80. The van der Waals surface area contributed by atoms with Crippen molar-refractivity contribution in [2.45, 2.75) is 12.5 Å². The van der Waals surface area contributed by atoms with E-state index in [0.29, 0.717) is 6.61 Å². The Hall–Kier alpha value is -1.18. The molecule has 2 heterocycles. The molecule has 20 heavy (non-hydrogen) atoms. The number of likely N-dealkylation sites (tertiary alicyclic amines) is 1. The minimum Gasteiger partial charge on any atom is -0.490 e. The maximum absolute atomic E-state index is 11.0. The molecule has 0 aromatic carbocycles. The van der Waals surface area contributed by atoms with Crippen LogP contribution in [0.15, 0.2) is 24.5 Å². The van der Waals surface area contributed by atoms with Gasteiger partial charge in [-0.15, -0.1) is 0 Å². The molecule has 1 aromatic rings. The zero-order valence-electron chi connectivity index (χ0n) is 11.7. The van der Waals surface area contributed by atoms with Crippen molar-refractivity contribution in [3.63, 3.8) is 0 Å². The highest BCUT2D eigenvalue weighted by Gasteiger charge is 2.30.